The molecule has 1 aromatic heterocycles. The summed E-state index contributed by atoms with van der Waals surface area (Å²) in [6.45, 7) is 5.04. The number of halogens is 1. The highest BCUT2D eigenvalue weighted by atomic mass is 79.9. The molecule has 1 aromatic rings. The number of hydrogen-bond acceptors (Lipinski definition) is 2. The second-order valence-electron chi connectivity index (χ2n) is 3.08. The molecule has 0 fully saturated rings. The normalized spacial score (nSPS) is 10.7. The lowest BCUT2D eigenvalue weighted by atomic mass is 10.2. The average Bonchev–Trinajstić information content (AvgIpc) is 2.32. The van der Waals surface area contributed by atoms with Gasteiger partial charge in [-0.3, -0.25) is 9.48 Å². The summed E-state index contributed by atoms with van der Waals surface area (Å²) in [6, 6.07) is 0. The molecular weight excluding hydrogens is 220 g/mol. The van der Waals surface area contributed by atoms with Crippen LogP contribution in [0.1, 0.15) is 24.2 Å². The Hall–Kier alpha value is -0.640. The van der Waals surface area contributed by atoms with Crippen molar-refractivity contribution in [3.63, 3.8) is 0 Å². The lowest BCUT2D eigenvalue weighted by molar-refractivity contribution is 0.112. The summed E-state index contributed by atoms with van der Waals surface area (Å²) in [5, 5.41) is 4.07. The first-order valence-corrected chi connectivity index (χ1v) is 4.61. The molecule has 0 N–H and O–H groups in total. The Morgan fingerprint density at radius 1 is 1.75 bits per heavy atom. The Morgan fingerprint density at radius 3 is 2.83 bits per heavy atom. The van der Waals surface area contributed by atoms with Gasteiger partial charge in [-0.25, -0.2) is 0 Å². The molecule has 0 aliphatic heterocycles. The van der Waals surface area contributed by atoms with E-state index in [1.807, 2.05) is 0 Å². The second kappa shape index (κ2) is 3.85. The highest BCUT2D eigenvalue weighted by Crippen LogP contribution is 2.15. The summed E-state index contributed by atoms with van der Waals surface area (Å²) < 4.78 is 2.56. The minimum Gasteiger partial charge on any atom is -0.298 e. The number of aldehydes is 1. The van der Waals surface area contributed by atoms with Gasteiger partial charge in [0.15, 0.2) is 6.29 Å². The van der Waals surface area contributed by atoms with Gasteiger partial charge in [0, 0.05) is 6.54 Å². The molecule has 3 nitrogen and oxygen atoms in total. The molecule has 0 unspecified atom stereocenters. The molecule has 0 saturated carbocycles. The third-order valence-electron chi connectivity index (χ3n) is 1.47. The fourth-order valence-corrected chi connectivity index (χ4v) is 1.37. The minimum absolute atomic E-state index is 0.528. The first-order chi connectivity index (χ1) is 5.65. The molecule has 0 saturated heterocycles. The van der Waals surface area contributed by atoms with Gasteiger partial charge in [0.25, 0.3) is 0 Å². The quantitative estimate of drug-likeness (QED) is 0.746. The van der Waals surface area contributed by atoms with Gasteiger partial charge in [-0.1, -0.05) is 13.8 Å². The lowest BCUT2D eigenvalue weighted by Crippen LogP contribution is -2.06. The molecule has 0 aromatic carbocycles. The minimum atomic E-state index is 0.528. The van der Waals surface area contributed by atoms with Crippen molar-refractivity contribution >= 4 is 22.2 Å². The van der Waals surface area contributed by atoms with Crippen LogP contribution in [0.2, 0.25) is 0 Å². The van der Waals surface area contributed by atoms with Crippen LogP contribution in [0.5, 0.6) is 0 Å². The monoisotopic (exact) mass is 230 g/mol. The molecule has 0 aliphatic carbocycles. The van der Waals surface area contributed by atoms with E-state index in [0.717, 1.165) is 17.4 Å². The van der Waals surface area contributed by atoms with E-state index in [9.17, 15) is 4.79 Å². The Balaban J connectivity index is 2.86. The Labute approximate surface area is 79.9 Å². The van der Waals surface area contributed by atoms with Gasteiger partial charge in [0.05, 0.1) is 11.8 Å². The summed E-state index contributed by atoms with van der Waals surface area (Å²) in [5.74, 6) is 0.528. The fraction of sp³-hybridized carbons (Fsp3) is 0.500. The maximum atomic E-state index is 10.4. The van der Waals surface area contributed by atoms with Crippen molar-refractivity contribution in [3.8, 4) is 0 Å². The van der Waals surface area contributed by atoms with Crippen molar-refractivity contribution in [1.82, 2.24) is 9.78 Å². The topological polar surface area (TPSA) is 34.9 Å². The van der Waals surface area contributed by atoms with Crippen LogP contribution in [-0.4, -0.2) is 16.1 Å². The van der Waals surface area contributed by atoms with Crippen molar-refractivity contribution in [2.45, 2.75) is 20.4 Å². The van der Waals surface area contributed by atoms with E-state index < -0.39 is 0 Å². The number of aromatic nitrogens is 2. The third-order valence-corrected chi connectivity index (χ3v) is 2.33. The van der Waals surface area contributed by atoms with Gasteiger partial charge >= 0.3 is 0 Å². The molecule has 0 bridgehead atoms. The van der Waals surface area contributed by atoms with Crippen LogP contribution in [0, 0.1) is 5.92 Å². The number of carbonyl (C=O) groups excluding carboxylic acids is 1. The fourth-order valence-electron chi connectivity index (χ4n) is 0.937. The highest BCUT2D eigenvalue weighted by molar-refractivity contribution is 9.10. The van der Waals surface area contributed by atoms with Gasteiger partial charge in [-0.2, -0.15) is 5.10 Å². The van der Waals surface area contributed by atoms with E-state index in [2.05, 4.69) is 34.9 Å². The van der Waals surface area contributed by atoms with Gasteiger partial charge in [-0.15, -0.1) is 0 Å². The van der Waals surface area contributed by atoms with Gasteiger partial charge < -0.3 is 0 Å². The van der Waals surface area contributed by atoms with Crippen LogP contribution < -0.4 is 0 Å². The van der Waals surface area contributed by atoms with Crippen molar-refractivity contribution in [1.29, 1.82) is 0 Å². The molecule has 0 atom stereocenters. The summed E-state index contributed by atoms with van der Waals surface area (Å²) in [7, 11) is 0. The summed E-state index contributed by atoms with van der Waals surface area (Å²) >= 11 is 3.31. The van der Waals surface area contributed by atoms with Crippen LogP contribution in [-0.2, 0) is 6.54 Å². The van der Waals surface area contributed by atoms with Crippen LogP contribution in [0.15, 0.2) is 10.8 Å². The molecular formula is C8H11BrN2O. The van der Waals surface area contributed by atoms with Gasteiger partial charge in [0.2, 0.25) is 0 Å². The van der Waals surface area contributed by atoms with E-state index in [0.29, 0.717) is 11.5 Å². The number of rotatable bonds is 3. The zero-order valence-electron chi connectivity index (χ0n) is 7.12. The predicted octanol–water partition coefficient (Wildman–Crippen LogP) is 2.11. The Morgan fingerprint density at radius 2 is 2.42 bits per heavy atom. The van der Waals surface area contributed by atoms with Crippen LogP contribution in [0.25, 0.3) is 0 Å². The number of nitrogens with zero attached hydrogens (tertiary/aromatic N) is 2. The smallest absolute Gasteiger partial charge is 0.154 e. The Kier molecular flexibility index (Phi) is 3.03. The largest absolute Gasteiger partial charge is 0.298 e. The SMILES string of the molecule is CC(C)Cn1ncc(C=O)c1Br. The average molecular weight is 231 g/mol. The van der Waals surface area contributed by atoms with Crippen LogP contribution >= 0.6 is 15.9 Å². The summed E-state index contributed by atoms with van der Waals surface area (Å²) in [4.78, 5) is 10.4. The van der Waals surface area contributed by atoms with Crippen LogP contribution in [0.4, 0.5) is 0 Å². The number of hydrogen-bond donors (Lipinski definition) is 0. The first kappa shape index (κ1) is 9.45. The molecule has 0 aliphatic rings. The van der Waals surface area contributed by atoms with E-state index in [1.54, 1.807) is 10.9 Å². The standard InChI is InChI=1S/C8H11BrN2O/c1-6(2)4-11-8(9)7(5-12)3-10-11/h3,5-6H,4H2,1-2H3. The molecule has 0 spiro atoms. The first-order valence-electron chi connectivity index (χ1n) is 3.81. The maximum Gasteiger partial charge on any atom is 0.154 e. The van der Waals surface area contributed by atoms with Gasteiger partial charge in [0.1, 0.15) is 4.60 Å². The molecule has 66 valence electrons. The summed E-state index contributed by atoms with van der Waals surface area (Å²) in [5.41, 5.74) is 0.607. The molecule has 0 amide bonds. The van der Waals surface area contributed by atoms with Crippen molar-refractivity contribution in [3.05, 3.63) is 16.4 Å². The number of carbonyl (C=O) groups is 1. The Bertz CT molecular complexity index is 281. The predicted molar refractivity (Wildman–Crippen MR) is 50.2 cm³/mol. The van der Waals surface area contributed by atoms with Gasteiger partial charge in [-0.05, 0) is 21.8 Å². The van der Waals surface area contributed by atoms with Crippen molar-refractivity contribution in [2.75, 3.05) is 0 Å². The highest BCUT2D eigenvalue weighted by Gasteiger charge is 2.07. The molecule has 1 heterocycles. The second-order valence-corrected chi connectivity index (χ2v) is 3.84. The zero-order valence-corrected chi connectivity index (χ0v) is 8.71. The van der Waals surface area contributed by atoms with Crippen LogP contribution in [0.3, 0.4) is 0 Å². The van der Waals surface area contributed by atoms with E-state index >= 15 is 0 Å². The molecule has 0 radical (unpaired) electrons. The third kappa shape index (κ3) is 1.94. The summed E-state index contributed by atoms with van der Waals surface area (Å²) in [6.07, 6.45) is 2.37. The molecule has 1 rings (SSSR count). The van der Waals surface area contributed by atoms with E-state index in [-0.39, 0.29) is 0 Å². The van der Waals surface area contributed by atoms with Crippen molar-refractivity contribution < 1.29 is 4.79 Å². The zero-order chi connectivity index (χ0) is 9.14. The molecule has 4 heteroatoms. The van der Waals surface area contributed by atoms with E-state index in [1.165, 1.54) is 0 Å². The molecule has 12 heavy (non-hydrogen) atoms. The van der Waals surface area contributed by atoms with E-state index in [4.69, 9.17) is 0 Å². The lowest BCUT2D eigenvalue weighted by Gasteiger charge is -2.05. The maximum absolute atomic E-state index is 10.4. The van der Waals surface area contributed by atoms with Crippen molar-refractivity contribution in [2.24, 2.45) is 5.92 Å².